The number of hydrogen-bond donors (Lipinski definition) is 1. The molecule has 1 rings (SSSR count). The number of nitrogens with one attached hydrogen (secondary N) is 1. The molecule has 106 valence electrons. The van der Waals surface area contributed by atoms with Crippen LogP contribution in [0.4, 0.5) is 0 Å². The largest absolute Gasteiger partial charge is 0.459 e. The minimum absolute atomic E-state index is 0.135. The van der Waals surface area contributed by atoms with Crippen molar-refractivity contribution in [2.24, 2.45) is 0 Å². The fourth-order valence-electron chi connectivity index (χ4n) is 2.43. The molecule has 0 bridgehead atoms. The monoisotopic (exact) mass is 255 g/mol. The van der Waals surface area contributed by atoms with E-state index in [1.165, 1.54) is 44.9 Å². The minimum Gasteiger partial charge on any atom is -0.459 e. The molecule has 1 aliphatic rings. The van der Waals surface area contributed by atoms with Crippen LogP contribution in [0.25, 0.3) is 0 Å². The van der Waals surface area contributed by atoms with Gasteiger partial charge in [-0.3, -0.25) is 4.79 Å². The fraction of sp³-hybridized carbons (Fsp3) is 0.933. The van der Waals surface area contributed by atoms with Gasteiger partial charge in [-0.25, -0.2) is 0 Å². The number of rotatable bonds is 3. The van der Waals surface area contributed by atoms with Crippen LogP contribution in [0.2, 0.25) is 0 Å². The first-order valence-corrected chi connectivity index (χ1v) is 7.37. The van der Waals surface area contributed by atoms with E-state index in [0.29, 0.717) is 6.04 Å². The zero-order valence-electron chi connectivity index (χ0n) is 12.4. The molecule has 0 heterocycles. The van der Waals surface area contributed by atoms with Crippen molar-refractivity contribution < 1.29 is 9.53 Å². The standard InChI is InChI=1S/C15H29NO2/c1-12(14(17)18-15(2,3)4)16-13-10-8-6-5-7-9-11-13/h12-13,16H,5-11H2,1-4H3. The Bertz CT molecular complexity index is 250. The zero-order chi connectivity index (χ0) is 13.6. The summed E-state index contributed by atoms with van der Waals surface area (Å²) in [6.07, 6.45) is 8.96. The first kappa shape index (κ1) is 15.5. The third kappa shape index (κ3) is 6.39. The average molecular weight is 255 g/mol. The molecule has 3 nitrogen and oxygen atoms in total. The molecule has 0 amide bonds. The van der Waals surface area contributed by atoms with Gasteiger partial charge in [-0.15, -0.1) is 0 Å². The van der Waals surface area contributed by atoms with Crippen molar-refractivity contribution in [3.8, 4) is 0 Å². The lowest BCUT2D eigenvalue weighted by Gasteiger charge is -2.27. The Morgan fingerprint density at radius 2 is 1.61 bits per heavy atom. The van der Waals surface area contributed by atoms with Crippen LogP contribution in [0.15, 0.2) is 0 Å². The van der Waals surface area contributed by atoms with Crippen molar-refractivity contribution in [2.75, 3.05) is 0 Å². The molecule has 1 N–H and O–H groups in total. The molecular formula is C15H29NO2. The van der Waals surface area contributed by atoms with Crippen molar-refractivity contribution in [2.45, 2.75) is 90.3 Å². The Balaban J connectivity index is 2.37. The van der Waals surface area contributed by atoms with Gasteiger partial charge in [-0.1, -0.05) is 32.1 Å². The van der Waals surface area contributed by atoms with E-state index in [9.17, 15) is 4.79 Å². The van der Waals surface area contributed by atoms with Gasteiger partial charge in [0.15, 0.2) is 0 Å². The quantitative estimate of drug-likeness (QED) is 0.785. The molecule has 18 heavy (non-hydrogen) atoms. The lowest BCUT2D eigenvalue weighted by molar-refractivity contribution is -0.157. The van der Waals surface area contributed by atoms with Crippen LogP contribution in [0.1, 0.15) is 72.6 Å². The molecule has 1 unspecified atom stereocenters. The maximum atomic E-state index is 11.9. The highest BCUT2D eigenvalue weighted by molar-refractivity contribution is 5.75. The van der Waals surface area contributed by atoms with E-state index in [0.717, 1.165) is 0 Å². The Morgan fingerprint density at radius 3 is 2.11 bits per heavy atom. The van der Waals surface area contributed by atoms with E-state index in [1.54, 1.807) is 0 Å². The molecule has 0 aliphatic heterocycles. The van der Waals surface area contributed by atoms with Crippen molar-refractivity contribution in [3.63, 3.8) is 0 Å². The average Bonchev–Trinajstić information content (AvgIpc) is 2.19. The summed E-state index contributed by atoms with van der Waals surface area (Å²) < 4.78 is 5.40. The molecule has 0 saturated heterocycles. The van der Waals surface area contributed by atoms with Crippen molar-refractivity contribution in [1.29, 1.82) is 0 Å². The first-order chi connectivity index (χ1) is 8.38. The lowest BCUT2D eigenvalue weighted by Crippen LogP contribution is -2.44. The number of carbonyl (C=O) groups is 1. The van der Waals surface area contributed by atoms with Gasteiger partial charge in [0, 0.05) is 6.04 Å². The van der Waals surface area contributed by atoms with Gasteiger partial charge in [0.05, 0.1) is 0 Å². The van der Waals surface area contributed by atoms with Gasteiger partial charge in [-0.05, 0) is 40.5 Å². The maximum Gasteiger partial charge on any atom is 0.323 e. The summed E-state index contributed by atoms with van der Waals surface area (Å²) in [5, 5.41) is 3.43. The molecule has 0 aromatic heterocycles. The molecular weight excluding hydrogens is 226 g/mol. The van der Waals surface area contributed by atoms with Crippen LogP contribution in [0.5, 0.6) is 0 Å². The number of esters is 1. The zero-order valence-corrected chi connectivity index (χ0v) is 12.4. The normalized spacial score (nSPS) is 20.9. The van der Waals surface area contributed by atoms with Crippen molar-refractivity contribution >= 4 is 5.97 Å². The SMILES string of the molecule is CC(NC1CCCCCCC1)C(=O)OC(C)(C)C. The van der Waals surface area contributed by atoms with Gasteiger partial charge in [-0.2, -0.15) is 0 Å². The van der Waals surface area contributed by atoms with E-state index < -0.39 is 5.60 Å². The summed E-state index contributed by atoms with van der Waals surface area (Å²) in [4.78, 5) is 11.9. The topological polar surface area (TPSA) is 38.3 Å². The van der Waals surface area contributed by atoms with Crippen molar-refractivity contribution in [1.82, 2.24) is 5.32 Å². The molecule has 0 radical (unpaired) electrons. The molecule has 1 fully saturated rings. The summed E-state index contributed by atoms with van der Waals surface area (Å²) in [5.41, 5.74) is -0.395. The highest BCUT2D eigenvalue weighted by atomic mass is 16.6. The number of ether oxygens (including phenoxy) is 1. The van der Waals surface area contributed by atoms with Crippen LogP contribution in [-0.2, 0) is 9.53 Å². The third-order valence-electron chi connectivity index (χ3n) is 3.35. The molecule has 0 aromatic carbocycles. The lowest BCUT2D eigenvalue weighted by atomic mass is 9.96. The smallest absolute Gasteiger partial charge is 0.323 e. The van der Waals surface area contributed by atoms with E-state index in [-0.39, 0.29) is 12.0 Å². The molecule has 1 aliphatic carbocycles. The predicted molar refractivity (Wildman–Crippen MR) is 74.5 cm³/mol. The van der Waals surface area contributed by atoms with E-state index >= 15 is 0 Å². The van der Waals surface area contributed by atoms with Crippen LogP contribution in [-0.4, -0.2) is 23.7 Å². The summed E-state index contributed by atoms with van der Waals surface area (Å²) in [6.45, 7) is 7.64. The Labute approximate surface area is 112 Å². The minimum atomic E-state index is -0.395. The van der Waals surface area contributed by atoms with Gasteiger partial charge >= 0.3 is 5.97 Å². The summed E-state index contributed by atoms with van der Waals surface area (Å²) in [7, 11) is 0. The van der Waals surface area contributed by atoms with Crippen LogP contribution < -0.4 is 5.32 Å². The van der Waals surface area contributed by atoms with Gasteiger partial charge in [0.1, 0.15) is 11.6 Å². The molecule has 0 aromatic rings. The third-order valence-corrected chi connectivity index (χ3v) is 3.35. The number of hydrogen-bond acceptors (Lipinski definition) is 3. The van der Waals surface area contributed by atoms with E-state index in [2.05, 4.69) is 5.32 Å². The molecule has 1 atom stereocenters. The summed E-state index contributed by atoms with van der Waals surface area (Å²) >= 11 is 0. The molecule has 3 heteroatoms. The van der Waals surface area contributed by atoms with Gasteiger partial charge in [0.2, 0.25) is 0 Å². The second-order valence-corrected chi connectivity index (χ2v) is 6.46. The predicted octanol–water partition coefficient (Wildman–Crippen LogP) is 3.42. The summed E-state index contributed by atoms with van der Waals surface area (Å²) in [6, 6.07) is 0.279. The van der Waals surface area contributed by atoms with Crippen LogP contribution in [0.3, 0.4) is 0 Å². The van der Waals surface area contributed by atoms with Crippen LogP contribution in [0, 0.1) is 0 Å². The number of carbonyl (C=O) groups excluding carboxylic acids is 1. The molecule has 0 spiro atoms. The first-order valence-electron chi connectivity index (χ1n) is 7.37. The van der Waals surface area contributed by atoms with Gasteiger partial charge in [0.25, 0.3) is 0 Å². The fourth-order valence-corrected chi connectivity index (χ4v) is 2.43. The van der Waals surface area contributed by atoms with E-state index in [1.807, 2.05) is 27.7 Å². The second-order valence-electron chi connectivity index (χ2n) is 6.46. The molecule has 1 saturated carbocycles. The highest BCUT2D eigenvalue weighted by Gasteiger charge is 2.23. The van der Waals surface area contributed by atoms with Crippen molar-refractivity contribution in [3.05, 3.63) is 0 Å². The Morgan fingerprint density at radius 1 is 1.11 bits per heavy atom. The van der Waals surface area contributed by atoms with E-state index in [4.69, 9.17) is 4.74 Å². The Hall–Kier alpha value is -0.570. The van der Waals surface area contributed by atoms with Crippen LogP contribution >= 0.6 is 0 Å². The maximum absolute atomic E-state index is 11.9. The summed E-state index contributed by atoms with van der Waals surface area (Å²) in [5.74, 6) is -0.135. The highest BCUT2D eigenvalue weighted by Crippen LogP contribution is 2.18. The Kier molecular flexibility index (Phi) is 6.13. The van der Waals surface area contributed by atoms with Gasteiger partial charge < -0.3 is 10.1 Å². The second kappa shape index (κ2) is 7.13.